The molecule has 0 aliphatic heterocycles. The molecule has 3 N–H and O–H groups in total. The lowest BCUT2D eigenvalue weighted by atomic mass is 9.84. The average molecular weight is 290 g/mol. The number of halogens is 2. The van der Waals surface area contributed by atoms with Crippen molar-refractivity contribution in [2.75, 3.05) is 6.54 Å². The van der Waals surface area contributed by atoms with E-state index in [1.165, 1.54) is 6.07 Å². The summed E-state index contributed by atoms with van der Waals surface area (Å²) in [5.41, 5.74) is 4.99. The highest BCUT2D eigenvalue weighted by molar-refractivity contribution is 9.10. The van der Waals surface area contributed by atoms with Gasteiger partial charge in [0.25, 0.3) is 0 Å². The van der Waals surface area contributed by atoms with Gasteiger partial charge in [-0.15, -0.1) is 0 Å². The minimum Gasteiger partial charge on any atom is -0.388 e. The van der Waals surface area contributed by atoms with Crippen molar-refractivity contribution in [2.24, 2.45) is 11.7 Å². The van der Waals surface area contributed by atoms with Crippen LogP contribution in [0.15, 0.2) is 22.7 Å². The standard InChI is InChI=1S/C12H17BrFNO/c1-8(2)12(16,7-15)6-9-5-10(13)3-4-11(9)14/h3-5,8,16H,6-7,15H2,1-2H3. The Balaban J connectivity index is 2.98. The van der Waals surface area contributed by atoms with Gasteiger partial charge in [0.05, 0.1) is 5.60 Å². The van der Waals surface area contributed by atoms with E-state index in [-0.39, 0.29) is 24.7 Å². The van der Waals surface area contributed by atoms with Crippen molar-refractivity contribution in [1.29, 1.82) is 0 Å². The van der Waals surface area contributed by atoms with Gasteiger partial charge in [0.1, 0.15) is 5.82 Å². The SMILES string of the molecule is CC(C)C(O)(CN)Cc1cc(Br)ccc1F. The molecule has 0 amide bonds. The second kappa shape index (κ2) is 5.25. The lowest BCUT2D eigenvalue weighted by Crippen LogP contribution is -2.45. The molecular weight excluding hydrogens is 273 g/mol. The van der Waals surface area contributed by atoms with Crippen LogP contribution in [0.4, 0.5) is 4.39 Å². The van der Waals surface area contributed by atoms with E-state index in [2.05, 4.69) is 15.9 Å². The van der Waals surface area contributed by atoms with E-state index in [0.717, 1.165) is 4.47 Å². The normalized spacial score (nSPS) is 15.2. The van der Waals surface area contributed by atoms with Crippen molar-refractivity contribution in [3.63, 3.8) is 0 Å². The summed E-state index contributed by atoms with van der Waals surface area (Å²) in [4.78, 5) is 0. The van der Waals surface area contributed by atoms with Gasteiger partial charge >= 0.3 is 0 Å². The van der Waals surface area contributed by atoms with Crippen LogP contribution in [-0.4, -0.2) is 17.3 Å². The minimum absolute atomic E-state index is 0.0177. The topological polar surface area (TPSA) is 46.2 Å². The van der Waals surface area contributed by atoms with Crippen LogP contribution in [0.2, 0.25) is 0 Å². The Morgan fingerprint density at radius 3 is 2.62 bits per heavy atom. The molecule has 0 heterocycles. The summed E-state index contributed by atoms with van der Waals surface area (Å²) in [5.74, 6) is -0.327. The zero-order chi connectivity index (χ0) is 12.3. The van der Waals surface area contributed by atoms with Crippen LogP contribution in [0.3, 0.4) is 0 Å². The first kappa shape index (κ1) is 13.6. The zero-order valence-corrected chi connectivity index (χ0v) is 11.1. The fourth-order valence-corrected chi connectivity index (χ4v) is 1.93. The second-order valence-electron chi connectivity index (χ2n) is 4.37. The van der Waals surface area contributed by atoms with E-state index in [9.17, 15) is 9.50 Å². The molecule has 0 fully saturated rings. The molecule has 0 bridgehead atoms. The first-order valence-electron chi connectivity index (χ1n) is 5.25. The van der Waals surface area contributed by atoms with Crippen molar-refractivity contribution in [2.45, 2.75) is 25.9 Å². The highest BCUT2D eigenvalue weighted by Gasteiger charge is 2.30. The number of rotatable bonds is 4. The van der Waals surface area contributed by atoms with E-state index < -0.39 is 5.60 Å². The summed E-state index contributed by atoms with van der Waals surface area (Å²) >= 11 is 3.28. The summed E-state index contributed by atoms with van der Waals surface area (Å²) < 4.78 is 14.3. The maximum atomic E-state index is 13.5. The molecule has 1 atom stereocenters. The van der Waals surface area contributed by atoms with Crippen LogP contribution in [0, 0.1) is 11.7 Å². The van der Waals surface area contributed by atoms with E-state index in [1.54, 1.807) is 12.1 Å². The predicted molar refractivity (Wildman–Crippen MR) is 66.6 cm³/mol. The molecule has 2 nitrogen and oxygen atoms in total. The molecule has 0 saturated carbocycles. The summed E-state index contributed by atoms with van der Waals surface area (Å²) in [6.45, 7) is 3.88. The highest BCUT2D eigenvalue weighted by atomic mass is 79.9. The quantitative estimate of drug-likeness (QED) is 0.895. The van der Waals surface area contributed by atoms with Crippen LogP contribution in [0.25, 0.3) is 0 Å². The van der Waals surface area contributed by atoms with Crippen molar-refractivity contribution >= 4 is 15.9 Å². The fourth-order valence-electron chi connectivity index (χ4n) is 1.52. The Hall–Kier alpha value is -0.450. The van der Waals surface area contributed by atoms with Crippen LogP contribution in [0.5, 0.6) is 0 Å². The third-order valence-electron chi connectivity index (χ3n) is 2.93. The van der Waals surface area contributed by atoms with Crippen LogP contribution >= 0.6 is 15.9 Å². The predicted octanol–water partition coefficient (Wildman–Crippen LogP) is 2.48. The third kappa shape index (κ3) is 3.03. The smallest absolute Gasteiger partial charge is 0.126 e. The fraction of sp³-hybridized carbons (Fsp3) is 0.500. The molecule has 0 spiro atoms. The summed E-state index contributed by atoms with van der Waals surface area (Å²) in [6, 6.07) is 4.70. The minimum atomic E-state index is -1.05. The van der Waals surface area contributed by atoms with Gasteiger partial charge in [0, 0.05) is 17.4 Å². The highest BCUT2D eigenvalue weighted by Crippen LogP contribution is 2.24. The van der Waals surface area contributed by atoms with E-state index >= 15 is 0 Å². The Labute approximate surface area is 104 Å². The summed E-state index contributed by atoms with van der Waals surface area (Å²) in [5, 5.41) is 10.3. The lowest BCUT2D eigenvalue weighted by molar-refractivity contribution is 0.00336. The molecule has 90 valence electrons. The molecule has 0 saturated heterocycles. The molecule has 1 aromatic carbocycles. The number of aliphatic hydroxyl groups is 1. The number of nitrogens with two attached hydrogens (primary N) is 1. The molecule has 1 rings (SSSR count). The number of benzene rings is 1. The molecule has 1 unspecified atom stereocenters. The summed E-state index contributed by atoms with van der Waals surface area (Å²) in [6.07, 6.45) is 0.229. The largest absolute Gasteiger partial charge is 0.388 e. The van der Waals surface area contributed by atoms with Gasteiger partial charge in [0.15, 0.2) is 0 Å². The van der Waals surface area contributed by atoms with E-state index in [0.29, 0.717) is 5.56 Å². The van der Waals surface area contributed by atoms with Gasteiger partial charge in [-0.2, -0.15) is 0 Å². The number of hydrogen-bond acceptors (Lipinski definition) is 2. The molecule has 16 heavy (non-hydrogen) atoms. The Morgan fingerprint density at radius 1 is 1.50 bits per heavy atom. The second-order valence-corrected chi connectivity index (χ2v) is 5.29. The summed E-state index contributed by atoms with van der Waals surface area (Å²) in [7, 11) is 0. The third-order valence-corrected chi connectivity index (χ3v) is 3.43. The zero-order valence-electron chi connectivity index (χ0n) is 9.50. The van der Waals surface area contributed by atoms with Gasteiger partial charge in [-0.25, -0.2) is 4.39 Å². The number of hydrogen-bond donors (Lipinski definition) is 2. The van der Waals surface area contributed by atoms with E-state index in [1.807, 2.05) is 13.8 Å². The Kier molecular flexibility index (Phi) is 4.47. The van der Waals surface area contributed by atoms with E-state index in [4.69, 9.17) is 5.73 Å². The average Bonchev–Trinajstić information content (AvgIpc) is 2.23. The van der Waals surface area contributed by atoms with Crippen molar-refractivity contribution in [3.8, 4) is 0 Å². The monoisotopic (exact) mass is 289 g/mol. The Bertz CT molecular complexity index is 370. The first-order valence-corrected chi connectivity index (χ1v) is 6.04. The van der Waals surface area contributed by atoms with Crippen LogP contribution in [-0.2, 0) is 6.42 Å². The molecule has 0 aliphatic rings. The lowest BCUT2D eigenvalue weighted by Gasteiger charge is -2.31. The van der Waals surface area contributed by atoms with Crippen molar-refractivity contribution in [3.05, 3.63) is 34.1 Å². The molecule has 0 aromatic heterocycles. The first-order chi connectivity index (χ1) is 7.39. The van der Waals surface area contributed by atoms with Crippen LogP contribution in [0.1, 0.15) is 19.4 Å². The van der Waals surface area contributed by atoms with Gasteiger partial charge in [-0.05, 0) is 29.7 Å². The Morgan fingerprint density at radius 2 is 2.12 bits per heavy atom. The van der Waals surface area contributed by atoms with Crippen molar-refractivity contribution in [1.82, 2.24) is 0 Å². The van der Waals surface area contributed by atoms with Crippen LogP contribution < -0.4 is 5.73 Å². The van der Waals surface area contributed by atoms with Gasteiger partial charge < -0.3 is 10.8 Å². The van der Waals surface area contributed by atoms with Gasteiger partial charge in [-0.1, -0.05) is 29.8 Å². The molecule has 0 radical (unpaired) electrons. The molecule has 0 aliphatic carbocycles. The maximum absolute atomic E-state index is 13.5. The maximum Gasteiger partial charge on any atom is 0.126 e. The molecule has 1 aromatic rings. The van der Waals surface area contributed by atoms with Gasteiger partial charge in [-0.3, -0.25) is 0 Å². The molecular formula is C12H17BrFNO. The van der Waals surface area contributed by atoms with Crippen molar-refractivity contribution < 1.29 is 9.50 Å². The van der Waals surface area contributed by atoms with Gasteiger partial charge in [0.2, 0.25) is 0 Å². The molecule has 4 heteroatoms.